The van der Waals surface area contributed by atoms with Crippen molar-refractivity contribution in [3.63, 3.8) is 0 Å². The van der Waals surface area contributed by atoms with Gasteiger partial charge in [-0.15, -0.1) is 0 Å². The molecule has 0 aliphatic heterocycles. The summed E-state index contributed by atoms with van der Waals surface area (Å²) < 4.78 is 51.4. The van der Waals surface area contributed by atoms with Crippen LogP contribution < -0.4 is 31.8 Å². The van der Waals surface area contributed by atoms with Gasteiger partial charge in [-0.2, -0.15) is 0 Å². The van der Waals surface area contributed by atoms with E-state index in [0.717, 1.165) is 36.4 Å². The summed E-state index contributed by atoms with van der Waals surface area (Å²) in [5.74, 6) is 0. The summed E-state index contributed by atoms with van der Waals surface area (Å²) in [5, 5.41) is -3.54. The lowest BCUT2D eigenvalue weighted by atomic mass is 10.3. The molecule has 6 N–H and O–H groups in total. The van der Waals surface area contributed by atoms with Crippen LogP contribution in [0.5, 0.6) is 0 Å². The lowest BCUT2D eigenvalue weighted by Gasteiger charge is -2.27. The Morgan fingerprint density at radius 1 is 0.375 bits per heavy atom. The molecule has 0 radical (unpaired) electrons. The largest absolute Gasteiger partial charge is 0.356 e. The van der Waals surface area contributed by atoms with Crippen molar-refractivity contribution in [3.8, 4) is 0 Å². The summed E-state index contributed by atoms with van der Waals surface area (Å²) in [6.07, 6.45) is 0. The van der Waals surface area contributed by atoms with Gasteiger partial charge >= 0.3 is 22.8 Å². The average Bonchev–Trinajstić information content (AvgIpc) is 2.71. The third-order valence-electron chi connectivity index (χ3n) is 4.60. The van der Waals surface area contributed by atoms with E-state index in [2.05, 4.69) is 0 Å². The molecule has 0 aromatic heterocycles. The van der Waals surface area contributed by atoms with Gasteiger partial charge in [0.2, 0.25) is 0 Å². The Bertz CT molecular complexity index is 1200. The van der Waals surface area contributed by atoms with Crippen LogP contribution >= 0.6 is 29.9 Å². The third-order valence-corrected chi connectivity index (χ3v) is 11.4. The summed E-state index contributed by atoms with van der Waals surface area (Å²) in [4.78, 5) is 59.2. The molecule has 0 aliphatic carbocycles. The molecule has 0 amide bonds. The molecule has 0 atom stereocenters. The third kappa shape index (κ3) is 4.67. The van der Waals surface area contributed by atoms with Gasteiger partial charge in [0.05, 0.1) is 15.9 Å². The van der Waals surface area contributed by atoms with E-state index in [1.54, 1.807) is 0 Å². The lowest BCUT2D eigenvalue weighted by molar-refractivity contribution is 0.385. The van der Waals surface area contributed by atoms with Crippen molar-refractivity contribution in [2.24, 2.45) is 0 Å². The van der Waals surface area contributed by atoms with Gasteiger partial charge in [-0.25, -0.2) is 0 Å². The Labute approximate surface area is 182 Å². The number of benzene rings is 3. The zero-order valence-electron chi connectivity index (χ0n) is 16.0. The topological polar surface area (TPSA) is 190 Å². The van der Waals surface area contributed by atoms with E-state index in [-0.39, 0.29) is 0 Å². The lowest BCUT2D eigenvalue weighted by Crippen LogP contribution is -2.42. The van der Waals surface area contributed by atoms with Crippen molar-refractivity contribution in [1.82, 2.24) is 0 Å². The molecular weight excluding hydrogens is 500 g/mol. The zero-order chi connectivity index (χ0) is 23.9. The first-order valence-corrected chi connectivity index (χ1v) is 15.3. The summed E-state index contributed by atoms with van der Waals surface area (Å²) in [6, 6.07) is 14.0. The molecule has 0 saturated heterocycles. The van der Waals surface area contributed by atoms with Crippen molar-refractivity contribution in [2.45, 2.75) is 0 Å². The van der Waals surface area contributed by atoms with Crippen molar-refractivity contribution in [2.75, 3.05) is 0 Å². The Morgan fingerprint density at radius 3 is 0.750 bits per heavy atom. The predicted molar refractivity (Wildman–Crippen MR) is 121 cm³/mol. The first-order valence-electron chi connectivity index (χ1n) is 8.75. The Morgan fingerprint density at radius 2 is 0.562 bits per heavy atom. The molecule has 3 aromatic rings. The fourth-order valence-electron chi connectivity index (χ4n) is 3.32. The standard InChI is InChI=1S/C18H18O10P4/c19-29(13-7-1-4-10-16(13)30(20,21)22,14-8-2-5-11-17(14)31(23,24)25)15-9-3-6-12-18(15)32(26,27)28/h1-12H,(H2,20,21,22)(H2,23,24,25)(H2,26,27,28). The molecule has 10 nitrogen and oxygen atoms in total. The van der Waals surface area contributed by atoms with Crippen molar-refractivity contribution < 1.29 is 47.6 Å². The van der Waals surface area contributed by atoms with Gasteiger partial charge in [0.1, 0.15) is 0 Å². The fraction of sp³-hybridized carbons (Fsp3) is 0. The molecule has 0 bridgehead atoms. The van der Waals surface area contributed by atoms with Crippen LogP contribution in [0.4, 0.5) is 0 Å². The summed E-state index contributed by atoms with van der Waals surface area (Å²) in [7, 11) is -19.9. The quantitative estimate of drug-likeness (QED) is 0.237. The smallest absolute Gasteiger partial charge is 0.321 e. The molecule has 170 valence electrons. The minimum atomic E-state index is -5.06. The summed E-state index contributed by atoms with van der Waals surface area (Å²) in [5.41, 5.74) is 0. The van der Waals surface area contributed by atoms with E-state index >= 15 is 0 Å². The van der Waals surface area contributed by atoms with E-state index in [1.165, 1.54) is 36.4 Å². The molecule has 3 aromatic carbocycles. The summed E-state index contributed by atoms with van der Waals surface area (Å²) in [6.45, 7) is 0. The molecule has 0 unspecified atom stereocenters. The Balaban J connectivity index is 2.60. The second-order valence-electron chi connectivity index (χ2n) is 6.71. The highest BCUT2D eigenvalue weighted by Crippen LogP contribution is 2.49. The Kier molecular flexibility index (Phi) is 6.71. The van der Waals surface area contributed by atoms with Crippen LogP contribution in [0, 0.1) is 0 Å². The van der Waals surface area contributed by atoms with Gasteiger partial charge in [-0.3, -0.25) is 13.7 Å². The highest BCUT2D eigenvalue weighted by atomic mass is 31.2. The molecular formula is C18H18O10P4. The monoisotopic (exact) mass is 518 g/mol. The van der Waals surface area contributed by atoms with Gasteiger partial charge < -0.3 is 33.9 Å². The molecule has 0 spiro atoms. The van der Waals surface area contributed by atoms with Crippen LogP contribution in [0.2, 0.25) is 0 Å². The normalized spacial score (nSPS) is 13.2. The molecule has 0 saturated carbocycles. The van der Waals surface area contributed by atoms with E-state index in [0.29, 0.717) is 0 Å². The average molecular weight is 518 g/mol. The van der Waals surface area contributed by atoms with E-state index in [1.807, 2.05) is 0 Å². The van der Waals surface area contributed by atoms with Gasteiger partial charge in [0.25, 0.3) is 0 Å². The van der Waals surface area contributed by atoms with Crippen LogP contribution in [0.3, 0.4) is 0 Å². The number of rotatable bonds is 6. The Hall–Kier alpha value is -1.66. The van der Waals surface area contributed by atoms with Gasteiger partial charge in [-0.1, -0.05) is 36.4 Å². The second-order valence-corrected chi connectivity index (χ2v) is 14.1. The van der Waals surface area contributed by atoms with Crippen LogP contribution in [-0.4, -0.2) is 29.4 Å². The molecule has 14 heteroatoms. The van der Waals surface area contributed by atoms with Crippen molar-refractivity contribution in [1.29, 1.82) is 0 Å². The van der Waals surface area contributed by atoms with E-state index in [9.17, 15) is 47.6 Å². The minimum absolute atomic E-state index is 0.491. The maximum atomic E-state index is 14.8. The molecule has 0 aliphatic rings. The van der Waals surface area contributed by atoms with Crippen LogP contribution in [0.1, 0.15) is 0 Å². The van der Waals surface area contributed by atoms with Crippen LogP contribution in [-0.2, 0) is 18.3 Å². The van der Waals surface area contributed by atoms with E-state index in [4.69, 9.17) is 0 Å². The van der Waals surface area contributed by atoms with Crippen molar-refractivity contribution in [3.05, 3.63) is 72.8 Å². The molecule has 32 heavy (non-hydrogen) atoms. The first kappa shape index (κ1) is 25.0. The molecule has 3 rings (SSSR count). The predicted octanol–water partition coefficient (Wildman–Crippen LogP) is -0.265. The van der Waals surface area contributed by atoms with Gasteiger partial charge in [-0.05, 0) is 36.4 Å². The van der Waals surface area contributed by atoms with Crippen LogP contribution in [0.25, 0.3) is 0 Å². The molecule has 0 fully saturated rings. The highest BCUT2D eigenvalue weighted by Gasteiger charge is 2.43. The maximum Gasteiger partial charge on any atom is 0.356 e. The van der Waals surface area contributed by atoms with E-state index < -0.39 is 61.8 Å². The minimum Gasteiger partial charge on any atom is -0.321 e. The van der Waals surface area contributed by atoms with Crippen molar-refractivity contribution >= 4 is 61.8 Å². The second kappa shape index (κ2) is 8.60. The van der Waals surface area contributed by atoms with Crippen LogP contribution in [0.15, 0.2) is 72.8 Å². The van der Waals surface area contributed by atoms with Gasteiger partial charge in [0.15, 0.2) is 7.14 Å². The molecule has 0 heterocycles. The highest BCUT2D eigenvalue weighted by molar-refractivity contribution is 7.89. The SMILES string of the molecule is O=P(O)(O)c1ccccc1P(=O)(c1ccccc1P(=O)(O)O)c1ccccc1P(=O)(O)O. The number of hydrogen-bond acceptors (Lipinski definition) is 4. The van der Waals surface area contributed by atoms with Gasteiger partial charge in [0, 0.05) is 15.9 Å². The maximum absolute atomic E-state index is 14.8. The number of hydrogen-bond donors (Lipinski definition) is 6. The fourth-order valence-corrected chi connectivity index (χ4v) is 10.6. The first-order chi connectivity index (χ1) is 14.7. The zero-order valence-corrected chi connectivity index (χ0v) is 19.6. The summed E-state index contributed by atoms with van der Waals surface area (Å²) >= 11 is 0.